The predicted octanol–water partition coefficient (Wildman–Crippen LogP) is 4.64. The van der Waals surface area contributed by atoms with Crippen molar-refractivity contribution < 1.29 is 14.4 Å². The summed E-state index contributed by atoms with van der Waals surface area (Å²) in [6, 6.07) is 5.11. The van der Waals surface area contributed by atoms with Gasteiger partial charge in [0.25, 0.3) is 0 Å². The Morgan fingerprint density at radius 1 is 0.593 bits per heavy atom. The van der Waals surface area contributed by atoms with Crippen LogP contribution < -0.4 is 16.0 Å². The van der Waals surface area contributed by atoms with Crippen LogP contribution in [0.1, 0.15) is 60.8 Å². The van der Waals surface area contributed by atoms with E-state index in [1.165, 1.54) is 0 Å². The monoisotopic (exact) mass is 375 g/mol. The minimum atomic E-state index is -0.102. The molecule has 0 fully saturated rings. The number of carbonyl (C=O) groups is 3. The van der Waals surface area contributed by atoms with Crippen LogP contribution in [0.3, 0.4) is 0 Å². The number of amides is 3. The topological polar surface area (TPSA) is 87.3 Å². The minimum absolute atomic E-state index is 0.102. The van der Waals surface area contributed by atoms with Crippen LogP contribution in [0, 0.1) is 17.8 Å². The Hall–Kier alpha value is -2.37. The molecule has 0 aliphatic heterocycles. The van der Waals surface area contributed by atoms with Crippen LogP contribution in [0.2, 0.25) is 0 Å². The lowest BCUT2D eigenvalue weighted by molar-refractivity contribution is -0.117. The van der Waals surface area contributed by atoms with Crippen molar-refractivity contribution in [2.24, 2.45) is 17.8 Å². The summed E-state index contributed by atoms with van der Waals surface area (Å²) in [5.74, 6) is 0.415. The van der Waals surface area contributed by atoms with Crippen molar-refractivity contribution in [3.05, 3.63) is 18.2 Å². The van der Waals surface area contributed by atoms with Crippen LogP contribution in [-0.4, -0.2) is 17.7 Å². The molecule has 150 valence electrons. The molecule has 0 aliphatic rings. The van der Waals surface area contributed by atoms with Gasteiger partial charge in [0, 0.05) is 36.3 Å². The summed E-state index contributed by atoms with van der Waals surface area (Å²) in [5.41, 5.74) is 1.63. The van der Waals surface area contributed by atoms with Crippen LogP contribution >= 0.6 is 0 Å². The highest BCUT2D eigenvalue weighted by Gasteiger charge is 2.12. The summed E-state index contributed by atoms with van der Waals surface area (Å²) in [4.78, 5) is 36.3. The smallest absolute Gasteiger partial charge is 0.224 e. The average molecular weight is 376 g/mol. The fourth-order valence-electron chi connectivity index (χ4n) is 2.59. The van der Waals surface area contributed by atoms with Crippen molar-refractivity contribution in [2.45, 2.75) is 60.8 Å². The molecule has 1 aromatic carbocycles. The van der Waals surface area contributed by atoms with E-state index in [0.717, 1.165) is 0 Å². The van der Waals surface area contributed by atoms with E-state index in [0.29, 0.717) is 36.3 Å². The Bertz CT molecular complexity index is 564. The van der Waals surface area contributed by atoms with Gasteiger partial charge in [0.15, 0.2) is 0 Å². The molecule has 0 saturated heterocycles. The maximum Gasteiger partial charge on any atom is 0.224 e. The van der Waals surface area contributed by atoms with Crippen LogP contribution in [0.4, 0.5) is 17.1 Å². The highest BCUT2D eigenvalue weighted by Crippen LogP contribution is 2.24. The minimum Gasteiger partial charge on any atom is -0.326 e. The van der Waals surface area contributed by atoms with Gasteiger partial charge in [-0.3, -0.25) is 14.4 Å². The van der Waals surface area contributed by atoms with Gasteiger partial charge in [0.1, 0.15) is 0 Å². The second kappa shape index (κ2) is 10.7. The van der Waals surface area contributed by atoms with Crippen LogP contribution in [0.25, 0.3) is 0 Å². The Kier molecular flexibility index (Phi) is 8.98. The number of anilines is 3. The molecular formula is C21H33N3O3. The van der Waals surface area contributed by atoms with E-state index in [1.807, 2.05) is 41.5 Å². The zero-order chi connectivity index (χ0) is 20.6. The lowest BCUT2D eigenvalue weighted by Gasteiger charge is -2.14. The third kappa shape index (κ3) is 9.78. The maximum atomic E-state index is 12.1. The predicted molar refractivity (Wildman–Crippen MR) is 111 cm³/mol. The Morgan fingerprint density at radius 2 is 0.815 bits per heavy atom. The number of rotatable bonds is 9. The van der Waals surface area contributed by atoms with Crippen molar-refractivity contribution in [1.82, 2.24) is 0 Å². The summed E-state index contributed by atoms with van der Waals surface area (Å²) in [5, 5.41) is 8.52. The maximum absolute atomic E-state index is 12.1. The Balaban J connectivity index is 3.00. The number of carbonyl (C=O) groups excluding carboxylic acids is 3. The normalized spacial score (nSPS) is 11.0. The summed E-state index contributed by atoms with van der Waals surface area (Å²) >= 11 is 0. The van der Waals surface area contributed by atoms with Crippen molar-refractivity contribution in [2.75, 3.05) is 16.0 Å². The molecule has 6 heteroatoms. The SMILES string of the molecule is CC(C)CC(=O)Nc1cc(NC(=O)CC(C)C)cc(NC(=O)CC(C)C)c1. The third-order valence-corrected chi connectivity index (χ3v) is 3.57. The molecule has 3 amide bonds. The number of hydrogen-bond acceptors (Lipinski definition) is 3. The van der Waals surface area contributed by atoms with E-state index in [2.05, 4.69) is 16.0 Å². The largest absolute Gasteiger partial charge is 0.326 e. The van der Waals surface area contributed by atoms with Crippen LogP contribution in [-0.2, 0) is 14.4 Å². The van der Waals surface area contributed by atoms with Gasteiger partial charge in [-0.1, -0.05) is 41.5 Å². The molecule has 0 atom stereocenters. The molecule has 1 rings (SSSR count). The molecule has 3 N–H and O–H groups in total. The molecule has 1 aromatic rings. The fourth-order valence-corrected chi connectivity index (χ4v) is 2.59. The van der Waals surface area contributed by atoms with E-state index < -0.39 is 0 Å². The number of hydrogen-bond donors (Lipinski definition) is 3. The summed E-state index contributed by atoms with van der Waals surface area (Å²) in [7, 11) is 0. The van der Waals surface area contributed by atoms with E-state index in [4.69, 9.17) is 0 Å². The van der Waals surface area contributed by atoms with E-state index in [1.54, 1.807) is 18.2 Å². The highest BCUT2D eigenvalue weighted by atomic mass is 16.2. The zero-order valence-electron chi connectivity index (χ0n) is 17.3. The zero-order valence-corrected chi connectivity index (χ0v) is 17.3. The first-order valence-electron chi connectivity index (χ1n) is 9.59. The molecule has 6 nitrogen and oxygen atoms in total. The molecule has 0 spiro atoms. The molecular weight excluding hydrogens is 342 g/mol. The van der Waals surface area contributed by atoms with Crippen molar-refractivity contribution in [1.29, 1.82) is 0 Å². The number of benzene rings is 1. The van der Waals surface area contributed by atoms with Gasteiger partial charge in [0.2, 0.25) is 17.7 Å². The third-order valence-electron chi connectivity index (χ3n) is 3.57. The van der Waals surface area contributed by atoms with Crippen LogP contribution in [0.5, 0.6) is 0 Å². The summed E-state index contributed by atoms with van der Waals surface area (Å²) in [6.07, 6.45) is 1.21. The van der Waals surface area contributed by atoms with Gasteiger partial charge in [0.05, 0.1) is 0 Å². The first-order chi connectivity index (χ1) is 12.5. The first-order valence-corrected chi connectivity index (χ1v) is 9.59. The van der Waals surface area contributed by atoms with E-state index >= 15 is 0 Å². The Labute approximate surface area is 162 Å². The van der Waals surface area contributed by atoms with Gasteiger partial charge in [-0.05, 0) is 36.0 Å². The van der Waals surface area contributed by atoms with E-state index in [-0.39, 0.29) is 35.5 Å². The Morgan fingerprint density at radius 3 is 1.00 bits per heavy atom. The molecule has 0 saturated carbocycles. The second-order valence-electron chi connectivity index (χ2n) is 8.24. The molecule has 0 bridgehead atoms. The van der Waals surface area contributed by atoms with Gasteiger partial charge >= 0.3 is 0 Å². The van der Waals surface area contributed by atoms with E-state index in [9.17, 15) is 14.4 Å². The lowest BCUT2D eigenvalue weighted by Crippen LogP contribution is -2.18. The molecule has 27 heavy (non-hydrogen) atoms. The average Bonchev–Trinajstić information content (AvgIpc) is 2.43. The quantitative estimate of drug-likeness (QED) is 0.587. The molecule has 0 unspecified atom stereocenters. The van der Waals surface area contributed by atoms with Crippen molar-refractivity contribution in [3.63, 3.8) is 0 Å². The van der Waals surface area contributed by atoms with Gasteiger partial charge < -0.3 is 16.0 Å². The lowest BCUT2D eigenvalue weighted by atomic mass is 10.1. The van der Waals surface area contributed by atoms with Gasteiger partial charge in [-0.2, -0.15) is 0 Å². The first kappa shape index (κ1) is 22.7. The number of nitrogens with one attached hydrogen (secondary N) is 3. The highest BCUT2D eigenvalue weighted by molar-refractivity contribution is 5.97. The summed E-state index contributed by atoms with van der Waals surface area (Å²) < 4.78 is 0. The summed E-state index contributed by atoms with van der Waals surface area (Å²) in [6.45, 7) is 11.8. The second-order valence-corrected chi connectivity index (χ2v) is 8.24. The molecule has 0 radical (unpaired) electrons. The molecule has 0 heterocycles. The van der Waals surface area contributed by atoms with Crippen molar-refractivity contribution >= 4 is 34.8 Å². The van der Waals surface area contributed by atoms with Crippen LogP contribution in [0.15, 0.2) is 18.2 Å². The van der Waals surface area contributed by atoms with Crippen molar-refractivity contribution in [3.8, 4) is 0 Å². The molecule has 0 aliphatic carbocycles. The standard InChI is InChI=1S/C21H33N3O3/c1-13(2)7-19(25)22-16-10-17(23-20(26)8-14(3)4)12-18(11-16)24-21(27)9-15(5)6/h10-15H,7-9H2,1-6H3,(H,22,25)(H,23,26)(H,24,27). The van der Waals surface area contributed by atoms with Gasteiger partial charge in [-0.15, -0.1) is 0 Å². The van der Waals surface area contributed by atoms with Gasteiger partial charge in [-0.25, -0.2) is 0 Å². The molecule has 0 aromatic heterocycles. The fraction of sp³-hybridized carbons (Fsp3) is 0.571.